The molecule has 0 spiro atoms. The van der Waals surface area contributed by atoms with E-state index in [1.54, 1.807) is 18.8 Å². The first-order valence-electron chi connectivity index (χ1n) is 8.44. The van der Waals surface area contributed by atoms with Gasteiger partial charge >= 0.3 is 0 Å². The summed E-state index contributed by atoms with van der Waals surface area (Å²) in [5.41, 5.74) is 2.52. The molecule has 1 aromatic rings. The highest BCUT2D eigenvalue weighted by Crippen LogP contribution is 2.21. The van der Waals surface area contributed by atoms with Crippen molar-refractivity contribution in [2.45, 2.75) is 18.4 Å². The van der Waals surface area contributed by atoms with Crippen LogP contribution in [0.15, 0.2) is 28.1 Å². The summed E-state index contributed by atoms with van der Waals surface area (Å²) in [7, 11) is -1.05. The van der Waals surface area contributed by atoms with E-state index >= 15 is 0 Å². The van der Waals surface area contributed by atoms with Gasteiger partial charge in [-0.3, -0.25) is 9.89 Å². The second kappa shape index (κ2) is 11.4. The predicted octanol–water partition coefficient (Wildman–Crippen LogP) is 1.73. The fourth-order valence-electron chi connectivity index (χ4n) is 2.70. The first-order chi connectivity index (χ1) is 11.9. The highest BCUT2D eigenvalue weighted by Gasteiger charge is 2.20. The minimum atomic E-state index is -2.81. The average molecular weight is 512 g/mol. The van der Waals surface area contributed by atoms with Gasteiger partial charge in [-0.1, -0.05) is 12.1 Å². The Balaban J connectivity index is 0.00000338. The molecule has 0 bridgehead atoms. The molecule has 1 heterocycles. The second-order valence-electron chi connectivity index (χ2n) is 6.16. The van der Waals surface area contributed by atoms with Crippen LogP contribution in [0.1, 0.15) is 11.1 Å². The Hall–Kier alpha value is -0.520. The number of thioether (sulfide) groups is 1. The number of guanidine groups is 1. The van der Waals surface area contributed by atoms with Gasteiger partial charge in [0, 0.05) is 44.7 Å². The molecule has 0 amide bonds. The van der Waals surface area contributed by atoms with E-state index in [2.05, 4.69) is 51.9 Å². The van der Waals surface area contributed by atoms with Crippen molar-refractivity contribution < 1.29 is 8.42 Å². The van der Waals surface area contributed by atoms with Gasteiger partial charge in [-0.05, 0) is 30.4 Å². The van der Waals surface area contributed by atoms with Crippen LogP contribution in [0.5, 0.6) is 0 Å². The van der Waals surface area contributed by atoms with Crippen LogP contribution in [0.3, 0.4) is 0 Å². The number of halogens is 1. The zero-order chi connectivity index (χ0) is 18.3. The molecular formula is C17H29IN4O2S2. The second-order valence-corrected chi connectivity index (χ2v) is 9.31. The van der Waals surface area contributed by atoms with Crippen LogP contribution in [-0.2, 0) is 16.4 Å². The van der Waals surface area contributed by atoms with Crippen molar-refractivity contribution in [3.05, 3.63) is 29.3 Å². The molecule has 1 fully saturated rings. The molecule has 0 aliphatic carbocycles. The van der Waals surface area contributed by atoms with Gasteiger partial charge < -0.3 is 10.6 Å². The molecule has 2 N–H and O–H groups in total. The maximum atomic E-state index is 11.4. The first kappa shape index (κ1) is 23.5. The van der Waals surface area contributed by atoms with E-state index in [-0.39, 0.29) is 35.5 Å². The lowest BCUT2D eigenvalue weighted by molar-refractivity contribution is 0.299. The normalized spacial score (nSPS) is 17.4. The van der Waals surface area contributed by atoms with Gasteiger partial charge in [0.15, 0.2) is 15.8 Å². The number of nitrogens with one attached hydrogen (secondary N) is 2. The number of rotatable bonds is 6. The number of benzene rings is 1. The van der Waals surface area contributed by atoms with Crippen molar-refractivity contribution in [3.63, 3.8) is 0 Å². The summed E-state index contributed by atoms with van der Waals surface area (Å²) in [6, 6.07) is 6.47. The van der Waals surface area contributed by atoms with Crippen molar-refractivity contribution in [3.8, 4) is 0 Å². The summed E-state index contributed by atoms with van der Waals surface area (Å²) in [4.78, 5) is 7.70. The molecule has 1 saturated heterocycles. The van der Waals surface area contributed by atoms with Crippen LogP contribution in [0, 0.1) is 6.92 Å². The van der Waals surface area contributed by atoms with Gasteiger partial charge in [-0.25, -0.2) is 8.42 Å². The van der Waals surface area contributed by atoms with E-state index in [1.807, 2.05) is 0 Å². The molecule has 0 radical (unpaired) electrons. The van der Waals surface area contributed by atoms with Gasteiger partial charge in [-0.15, -0.1) is 35.7 Å². The molecule has 1 aromatic carbocycles. The lowest BCUT2D eigenvalue weighted by atomic mass is 10.1. The first-order valence-corrected chi connectivity index (χ1v) is 11.5. The SMILES string of the molecule is CN=C(NCCN1CCS(=O)(=O)CC1)NCc1ccc(C)cc1SC.I. The third-order valence-corrected chi connectivity index (χ3v) is 6.70. The molecule has 148 valence electrons. The maximum Gasteiger partial charge on any atom is 0.191 e. The van der Waals surface area contributed by atoms with Crippen LogP contribution < -0.4 is 10.6 Å². The number of sulfone groups is 1. The molecule has 1 aliphatic rings. The van der Waals surface area contributed by atoms with Gasteiger partial charge in [-0.2, -0.15) is 0 Å². The molecule has 26 heavy (non-hydrogen) atoms. The van der Waals surface area contributed by atoms with Crippen molar-refractivity contribution in [2.75, 3.05) is 51.0 Å². The Kier molecular flexibility index (Phi) is 10.3. The molecular weight excluding hydrogens is 483 g/mol. The number of hydrogen-bond donors (Lipinski definition) is 2. The Morgan fingerprint density at radius 2 is 1.96 bits per heavy atom. The molecule has 0 saturated carbocycles. The number of hydrogen-bond acceptors (Lipinski definition) is 5. The van der Waals surface area contributed by atoms with Gasteiger partial charge in [0.2, 0.25) is 0 Å². The topological polar surface area (TPSA) is 73.8 Å². The van der Waals surface area contributed by atoms with E-state index < -0.39 is 9.84 Å². The fourth-order valence-corrected chi connectivity index (χ4v) is 4.69. The monoisotopic (exact) mass is 512 g/mol. The summed E-state index contributed by atoms with van der Waals surface area (Å²) in [5, 5.41) is 6.64. The highest BCUT2D eigenvalue weighted by atomic mass is 127. The van der Waals surface area contributed by atoms with Crippen LogP contribution >= 0.6 is 35.7 Å². The van der Waals surface area contributed by atoms with E-state index in [0.717, 1.165) is 25.6 Å². The minimum absolute atomic E-state index is 0. The molecule has 0 unspecified atom stereocenters. The van der Waals surface area contributed by atoms with E-state index in [0.29, 0.717) is 13.1 Å². The van der Waals surface area contributed by atoms with Crippen molar-refractivity contribution in [1.29, 1.82) is 0 Å². The lowest BCUT2D eigenvalue weighted by Gasteiger charge is -2.26. The molecule has 2 rings (SSSR count). The van der Waals surface area contributed by atoms with Gasteiger partial charge in [0.1, 0.15) is 0 Å². The average Bonchev–Trinajstić information content (AvgIpc) is 2.60. The molecule has 0 aromatic heterocycles. The zero-order valence-corrected chi connectivity index (χ0v) is 19.6. The quantitative estimate of drug-likeness (QED) is 0.262. The number of aliphatic imine (C=N–C) groups is 1. The fraction of sp³-hybridized carbons (Fsp3) is 0.588. The summed E-state index contributed by atoms with van der Waals surface area (Å²) < 4.78 is 22.9. The van der Waals surface area contributed by atoms with Crippen LogP contribution in [0.4, 0.5) is 0 Å². The largest absolute Gasteiger partial charge is 0.355 e. The summed E-state index contributed by atoms with van der Waals surface area (Å²) in [5.74, 6) is 1.30. The predicted molar refractivity (Wildman–Crippen MR) is 122 cm³/mol. The third kappa shape index (κ3) is 7.61. The van der Waals surface area contributed by atoms with Crippen molar-refractivity contribution in [1.82, 2.24) is 15.5 Å². The maximum absolute atomic E-state index is 11.4. The van der Waals surface area contributed by atoms with Crippen LogP contribution in [0.25, 0.3) is 0 Å². The van der Waals surface area contributed by atoms with E-state index in [4.69, 9.17) is 0 Å². The standard InChI is InChI=1S/C17H28N4O2S2.HI/c1-14-4-5-15(16(12-14)24-3)13-20-17(18-2)19-6-7-21-8-10-25(22,23)11-9-21;/h4-5,12H,6-11,13H2,1-3H3,(H2,18,19,20);1H. The summed E-state index contributed by atoms with van der Waals surface area (Å²) >= 11 is 1.75. The van der Waals surface area contributed by atoms with Crippen molar-refractivity contribution in [2.24, 2.45) is 4.99 Å². The van der Waals surface area contributed by atoms with Crippen LogP contribution in [-0.4, -0.2) is 70.3 Å². The van der Waals surface area contributed by atoms with E-state index in [1.165, 1.54) is 16.0 Å². The minimum Gasteiger partial charge on any atom is -0.355 e. The zero-order valence-electron chi connectivity index (χ0n) is 15.6. The summed E-state index contributed by atoms with van der Waals surface area (Å²) in [6.07, 6.45) is 2.09. The van der Waals surface area contributed by atoms with Gasteiger partial charge in [0.25, 0.3) is 0 Å². The van der Waals surface area contributed by atoms with Crippen molar-refractivity contribution >= 4 is 51.5 Å². The molecule has 1 aliphatic heterocycles. The smallest absolute Gasteiger partial charge is 0.191 e. The molecule has 6 nitrogen and oxygen atoms in total. The van der Waals surface area contributed by atoms with E-state index in [9.17, 15) is 8.42 Å². The lowest BCUT2D eigenvalue weighted by Crippen LogP contribution is -2.45. The Morgan fingerprint density at radius 1 is 1.27 bits per heavy atom. The molecule has 9 heteroatoms. The Labute approximate surface area is 178 Å². The number of nitrogens with zero attached hydrogens (tertiary/aromatic N) is 2. The highest BCUT2D eigenvalue weighted by molar-refractivity contribution is 14.0. The van der Waals surface area contributed by atoms with Gasteiger partial charge in [0.05, 0.1) is 11.5 Å². The Bertz CT molecular complexity index is 697. The van der Waals surface area contributed by atoms with Crippen LogP contribution in [0.2, 0.25) is 0 Å². The number of aryl methyl sites for hydroxylation is 1. The molecule has 0 atom stereocenters. The summed E-state index contributed by atoms with van der Waals surface area (Å²) in [6.45, 7) is 5.62. The third-order valence-electron chi connectivity index (χ3n) is 4.27. The Morgan fingerprint density at radius 3 is 2.58 bits per heavy atom.